The Balaban J connectivity index is 0.000000228. The van der Waals surface area contributed by atoms with Crippen LogP contribution >= 0.6 is 12.6 Å². The summed E-state index contributed by atoms with van der Waals surface area (Å²) in [7, 11) is 0. The second kappa shape index (κ2) is 16.7. The van der Waals surface area contributed by atoms with Crippen LogP contribution in [0.25, 0.3) is 10.6 Å². The zero-order valence-electron chi connectivity index (χ0n) is 21.5. The molecule has 2 amide bonds. The minimum absolute atomic E-state index is 0.0788. The van der Waals surface area contributed by atoms with Gasteiger partial charge < -0.3 is 21.1 Å². The van der Waals surface area contributed by atoms with E-state index in [1.807, 2.05) is 95.9 Å². The fourth-order valence-corrected chi connectivity index (χ4v) is 3.89. The lowest BCUT2D eigenvalue weighted by molar-refractivity contribution is -0.136. The molecular weight excluding hydrogens is 498 g/mol. The third-order valence-corrected chi connectivity index (χ3v) is 6.30. The monoisotopic (exact) mass is 533 g/mol. The highest BCUT2D eigenvalue weighted by Gasteiger charge is 2.22. The molecule has 0 aliphatic carbocycles. The molecule has 8 heteroatoms. The number of nitrogens with one attached hydrogen (secondary N) is 1. The SMILES string of the molecule is CCC(=O)O.N/C(=C(\S)c1ccccc1)c1ccccc1.O=CNC1CCN(C(=O)c2ccccc2)CC1. The number of hydrogen-bond donors (Lipinski definition) is 4. The van der Waals surface area contributed by atoms with Crippen LogP contribution in [0, 0.1) is 0 Å². The number of benzene rings is 3. The Bertz CT molecular complexity index is 1120. The Kier molecular flexibility index (Phi) is 13.2. The van der Waals surface area contributed by atoms with Gasteiger partial charge in [-0.2, -0.15) is 0 Å². The molecule has 1 heterocycles. The first-order chi connectivity index (χ1) is 18.4. The summed E-state index contributed by atoms with van der Waals surface area (Å²) in [4.78, 5) is 34.4. The van der Waals surface area contributed by atoms with Crippen molar-refractivity contribution in [1.82, 2.24) is 10.2 Å². The average Bonchev–Trinajstić information content (AvgIpc) is 2.98. The molecule has 1 saturated heterocycles. The van der Waals surface area contributed by atoms with Crippen molar-refractivity contribution in [3.63, 3.8) is 0 Å². The van der Waals surface area contributed by atoms with Gasteiger partial charge in [0.05, 0.1) is 5.70 Å². The summed E-state index contributed by atoms with van der Waals surface area (Å²) < 4.78 is 0. The maximum atomic E-state index is 12.1. The largest absolute Gasteiger partial charge is 0.481 e. The molecule has 1 aliphatic rings. The van der Waals surface area contributed by atoms with Crippen molar-refractivity contribution in [3.05, 3.63) is 108 Å². The number of hydrogen-bond acceptors (Lipinski definition) is 5. The van der Waals surface area contributed by atoms with Crippen LogP contribution in [-0.2, 0) is 9.59 Å². The molecule has 3 aromatic carbocycles. The Labute approximate surface area is 229 Å². The van der Waals surface area contributed by atoms with Crippen molar-refractivity contribution in [1.29, 1.82) is 0 Å². The molecular formula is C30H35N3O4S. The van der Waals surface area contributed by atoms with Crippen LogP contribution in [0.3, 0.4) is 0 Å². The van der Waals surface area contributed by atoms with Gasteiger partial charge >= 0.3 is 5.97 Å². The summed E-state index contributed by atoms with van der Waals surface area (Å²) >= 11 is 4.48. The first-order valence-corrected chi connectivity index (χ1v) is 12.9. The van der Waals surface area contributed by atoms with Crippen LogP contribution in [0.2, 0.25) is 0 Å². The van der Waals surface area contributed by atoms with Crippen LogP contribution in [-0.4, -0.2) is 47.4 Å². The van der Waals surface area contributed by atoms with Gasteiger partial charge in [0.15, 0.2) is 0 Å². The number of thiol groups is 1. The molecule has 38 heavy (non-hydrogen) atoms. The van der Waals surface area contributed by atoms with Gasteiger partial charge in [-0.1, -0.05) is 85.8 Å². The Morgan fingerprint density at radius 1 is 0.895 bits per heavy atom. The number of amides is 2. The normalized spacial score (nSPS) is 13.5. The minimum atomic E-state index is -0.745. The lowest BCUT2D eigenvalue weighted by Gasteiger charge is -2.31. The third kappa shape index (κ3) is 10.1. The maximum Gasteiger partial charge on any atom is 0.303 e. The molecule has 0 spiro atoms. The van der Waals surface area contributed by atoms with Crippen molar-refractivity contribution in [2.24, 2.45) is 5.73 Å². The highest BCUT2D eigenvalue weighted by molar-refractivity contribution is 7.90. The van der Waals surface area contributed by atoms with Crippen LogP contribution in [0.15, 0.2) is 91.0 Å². The molecule has 1 fully saturated rings. The summed E-state index contributed by atoms with van der Waals surface area (Å²) in [6, 6.07) is 29.3. The molecule has 0 radical (unpaired) electrons. The van der Waals surface area contributed by atoms with E-state index in [1.54, 1.807) is 6.92 Å². The van der Waals surface area contributed by atoms with Gasteiger partial charge in [-0.15, -0.1) is 12.6 Å². The van der Waals surface area contributed by atoms with Gasteiger partial charge in [-0.3, -0.25) is 14.4 Å². The standard InChI is InChI=1S/C14H13NS.C13H16N2O2.C3H6O2/c15-13(11-7-3-1-4-8-11)14(16)12-9-5-2-6-10-12;16-10-14-12-6-8-15(9-7-12)13(17)11-4-2-1-3-5-11;1-2-3(4)5/h1-10,16H,15H2;1-5,10,12H,6-9H2,(H,14,16);2H2,1H3,(H,4,5)/b14-13-;;. The molecule has 0 atom stereocenters. The van der Waals surface area contributed by atoms with Crippen LogP contribution in [0.5, 0.6) is 0 Å². The number of carboxylic acids is 1. The van der Waals surface area contributed by atoms with E-state index < -0.39 is 5.97 Å². The third-order valence-electron chi connectivity index (χ3n) is 5.80. The molecule has 4 N–H and O–H groups in total. The Morgan fingerprint density at radius 2 is 1.32 bits per heavy atom. The predicted molar refractivity (Wildman–Crippen MR) is 155 cm³/mol. The van der Waals surface area contributed by atoms with Gasteiger partial charge in [-0.05, 0) is 36.1 Å². The molecule has 0 bridgehead atoms. The summed E-state index contributed by atoms with van der Waals surface area (Å²) in [5.74, 6) is -0.667. The fraction of sp³-hybridized carbons (Fsp3) is 0.233. The van der Waals surface area contributed by atoms with E-state index in [4.69, 9.17) is 10.8 Å². The Hall–Kier alpha value is -4.04. The number of nitrogens with two attached hydrogens (primary N) is 1. The molecule has 7 nitrogen and oxygen atoms in total. The highest BCUT2D eigenvalue weighted by Crippen LogP contribution is 2.25. The number of piperidine rings is 1. The van der Waals surface area contributed by atoms with Gasteiger partial charge in [0, 0.05) is 36.0 Å². The van der Waals surface area contributed by atoms with Gasteiger partial charge in [0.25, 0.3) is 5.91 Å². The Morgan fingerprint density at radius 3 is 1.74 bits per heavy atom. The smallest absolute Gasteiger partial charge is 0.303 e. The van der Waals surface area contributed by atoms with Crippen molar-refractivity contribution in [2.45, 2.75) is 32.2 Å². The van der Waals surface area contributed by atoms with E-state index in [0.717, 1.165) is 40.8 Å². The second-order valence-corrected chi connectivity index (χ2v) is 8.91. The summed E-state index contributed by atoms with van der Waals surface area (Å²) in [6.45, 7) is 3.01. The number of carbonyl (C=O) groups is 3. The van der Waals surface area contributed by atoms with E-state index in [2.05, 4.69) is 17.9 Å². The van der Waals surface area contributed by atoms with Crippen LogP contribution in [0.1, 0.15) is 47.7 Å². The summed E-state index contributed by atoms with van der Waals surface area (Å²) in [5, 5.41) is 10.5. The average molecular weight is 534 g/mol. The molecule has 1 aliphatic heterocycles. The molecule has 0 saturated carbocycles. The molecule has 0 aromatic heterocycles. The van der Waals surface area contributed by atoms with Gasteiger partial charge in [0.2, 0.25) is 6.41 Å². The van der Waals surface area contributed by atoms with Crippen LogP contribution in [0.4, 0.5) is 0 Å². The molecule has 200 valence electrons. The van der Waals surface area contributed by atoms with Crippen molar-refractivity contribution < 1.29 is 19.5 Å². The lowest BCUT2D eigenvalue weighted by atomic mass is 10.0. The first-order valence-electron chi connectivity index (χ1n) is 12.4. The quantitative estimate of drug-likeness (QED) is 0.204. The van der Waals surface area contributed by atoms with Crippen molar-refractivity contribution in [2.75, 3.05) is 13.1 Å². The summed E-state index contributed by atoms with van der Waals surface area (Å²) in [5.41, 5.74) is 9.54. The van der Waals surface area contributed by atoms with E-state index in [9.17, 15) is 14.4 Å². The van der Waals surface area contributed by atoms with Crippen molar-refractivity contribution >= 4 is 41.5 Å². The second-order valence-electron chi connectivity index (χ2n) is 8.46. The number of rotatable bonds is 6. The van der Waals surface area contributed by atoms with Gasteiger partial charge in [0.1, 0.15) is 0 Å². The zero-order valence-corrected chi connectivity index (χ0v) is 22.4. The van der Waals surface area contributed by atoms with E-state index in [1.165, 1.54) is 0 Å². The number of carbonyl (C=O) groups excluding carboxylic acids is 2. The maximum absolute atomic E-state index is 12.1. The molecule has 4 rings (SSSR count). The number of likely N-dealkylation sites (tertiary alicyclic amines) is 1. The predicted octanol–water partition coefficient (Wildman–Crippen LogP) is 4.92. The fourth-order valence-electron chi connectivity index (χ4n) is 3.61. The van der Waals surface area contributed by atoms with Crippen LogP contribution < -0.4 is 11.1 Å². The number of carboxylic acid groups (broad SMARTS) is 1. The summed E-state index contributed by atoms with van der Waals surface area (Å²) in [6.07, 6.45) is 2.62. The number of nitrogens with zero attached hydrogens (tertiary/aromatic N) is 1. The van der Waals surface area contributed by atoms with Crippen molar-refractivity contribution in [3.8, 4) is 0 Å². The van der Waals surface area contributed by atoms with Gasteiger partial charge in [-0.25, -0.2) is 0 Å². The minimum Gasteiger partial charge on any atom is -0.481 e. The molecule has 3 aromatic rings. The van der Waals surface area contributed by atoms with E-state index in [0.29, 0.717) is 18.8 Å². The van der Waals surface area contributed by atoms with E-state index >= 15 is 0 Å². The molecule has 0 unspecified atom stereocenters. The zero-order chi connectivity index (χ0) is 27.8. The van der Waals surface area contributed by atoms with E-state index in [-0.39, 0.29) is 18.4 Å². The number of aliphatic carboxylic acids is 1. The topological polar surface area (TPSA) is 113 Å². The first kappa shape index (κ1) is 30.2. The highest BCUT2D eigenvalue weighted by atomic mass is 32.1. The lowest BCUT2D eigenvalue weighted by Crippen LogP contribution is -2.44.